The summed E-state index contributed by atoms with van der Waals surface area (Å²) >= 11 is 5.82. The Morgan fingerprint density at radius 1 is 1.18 bits per heavy atom. The summed E-state index contributed by atoms with van der Waals surface area (Å²) in [5, 5.41) is 3.46. The number of carbonyl (C=O) groups excluding carboxylic acids is 1. The first-order chi connectivity index (χ1) is 10.5. The Balaban J connectivity index is 1.97. The third kappa shape index (κ3) is 5.08. The number of ether oxygens (including phenoxy) is 1. The Bertz CT molecular complexity index is 623. The van der Waals surface area contributed by atoms with Crippen molar-refractivity contribution in [1.29, 1.82) is 0 Å². The second-order valence-corrected chi connectivity index (χ2v) is 5.96. The van der Waals surface area contributed by atoms with Crippen molar-refractivity contribution in [2.75, 3.05) is 11.9 Å². The third-order valence-corrected chi connectivity index (χ3v) is 3.41. The molecule has 0 radical (unpaired) electrons. The molecule has 0 heterocycles. The number of hydrogen-bond donors (Lipinski definition) is 1. The summed E-state index contributed by atoms with van der Waals surface area (Å²) in [6, 6.07) is 14.2. The molecule has 0 atom stereocenters. The van der Waals surface area contributed by atoms with Crippen LogP contribution in [-0.2, 0) is 0 Å². The van der Waals surface area contributed by atoms with E-state index in [0.29, 0.717) is 28.8 Å². The van der Waals surface area contributed by atoms with Crippen molar-refractivity contribution in [3.8, 4) is 5.75 Å². The van der Waals surface area contributed by atoms with Gasteiger partial charge >= 0.3 is 0 Å². The van der Waals surface area contributed by atoms with E-state index in [1.54, 1.807) is 24.3 Å². The topological polar surface area (TPSA) is 38.3 Å². The van der Waals surface area contributed by atoms with Crippen LogP contribution in [0.3, 0.4) is 0 Å². The Hall–Kier alpha value is -2.00. The van der Waals surface area contributed by atoms with Crippen molar-refractivity contribution in [2.45, 2.75) is 20.3 Å². The maximum Gasteiger partial charge on any atom is 0.255 e. The Labute approximate surface area is 136 Å². The minimum absolute atomic E-state index is 0.170. The van der Waals surface area contributed by atoms with Crippen molar-refractivity contribution < 1.29 is 9.53 Å². The summed E-state index contributed by atoms with van der Waals surface area (Å²) in [5.41, 5.74) is 1.28. The predicted octanol–water partition coefficient (Wildman–Crippen LogP) is 5.02. The number of hydrogen-bond acceptors (Lipinski definition) is 2. The number of rotatable bonds is 6. The van der Waals surface area contributed by atoms with Gasteiger partial charge in [-0.3, -0.25) is 4.79 Å². The Morgan fingerprint density at radius 2 is 1.91 bits per heavy atom. The lowest BCUT2D eigenvalue weighted by molar-refractivity contribution is 0.102. The Morgan fingerprint density at radius 3 is 2.59 bits per heavy atom. The minimum Gasteiger partial charge on any atom is -0.494 e. The van der Waals surface area contributed by atoms with Crippen LogP contribution in [0.15, 0.2) is 48.5 Å². The van der Waals surface area contributed by atoms with Gasteiger partial charge in [-0.05, 0) is 48.7 Å². The van der Waals surface area contributed by atoms with Gasteiger partial charge in [0.15, 0.2) is 0 Å². The molecule has 1 N–H and O–H groups in total. The normalized spacial score (nSPS) is 10.5. The standard InChI is InChI=1S/C18H20ClNO2/c1-13(2)10-11-22-17-5-3-4-16(12-17)20-18(21)14-6-8-15(19)9-7-14/h3-9,12-13H,10-11H2,1-2H3,(H,20,21). The first-order valence-corrected chi connectivity index (χ1v) is 7.72. The lowest BCUT2D eigenvalue weighted by Gasteiger charge is -2.10. The van der Waals surface area contributed by atoms with Crippen LogP contribution in [0, 0.1) is 5.92 Å². The molecule has 22 heavy (non-hydrogen) atoms. The highest BCUT2D eigenvalue weighted by Crippen LogP contribution is 2.19. The molecule has 1 amide bonds. The number of benzene rings is 2. The molecule has 0 fully saturated rings. The maximum atomic E-state index is 12.1. The second kappa shape index (κ2) is 7.85. The first-order valence-electron chi connectivity index (χ1n) is 7.34. The zero-order chi connectivity index (χ0) is 15.9. The fraction of sp³-hybridized carbons (Fsp3) is 0.278. The summed E-state index contributed by atoms with van der Waals surface area (Å²) in [7, 11) is 0. The zero-order valence-corrected chi connectivity index (χ0v) is 13.6. The summed E-state index contributed by atoms with van der Waals surface area (Å²) in [6.45, 7) is 4.99. The lowest BCUT2D eigenvalue weighted by Crippen LogP contribution is -2.11. The molecule has 0 aliphatic rings. The van der Waals surface area contributed by atoms with Crippen molar-refractivity contribution in [1.82, 2.24) is 0 Å². The van der Waals surface area contributed by atoms with Gasteiger partial charge in [0.2, 0.25) is 0 Å². The lowest BCUT2D eigenvalue weighted by atomic mass is 10.1. The molecule has 0 saturated heterocycles. The number of carbonyl (C=O) groups is 1. The van der Waals surface area contributed by atoms with Gasteiger partial charge in [0.25, 0.3) is 5.91 Å². The predicted molar refractivity (Wildman–Crippen MR) is 90.8 cm³/mol. The number of anilines is 1. The van der Waals surface area contributed by atoms with Gasteiger partial charge in [0, 0.05) is 22.3 Å². The van der Waals surface area contributed by atoms with Gasteiger partial charge in [-0.2, -0.15) is 0 Å². The molecule has 0 aromatic heterocycles. The summed E-state index contributed by atoms with van der Waals surface area (Å²) < 4.78 is 5.69. The molecule has 116 valence electrons. The van der Waals surface area contributed by atoms with Gasteiger partial charge in [-0.1, -0.05) is 31.5 Å². The van der Waals surface area contributed by atoms with Gasteiger partial charge in [-0.15, -0.1) is 0 Å². The molecule has 0 unspecified atom stereocenters. The average molecular weight is 318 g/mol. The van der Waals surface area contributed by atoms with Crippen LogP contribution in [0.2, 0.25) is 5.02 Å². The smallest absolute Gasteiger partial charge is 0.255 e. The van der Waals surface area contributed by atoms with E-state index in [0.717, 1.165) is 12.2 Å². The van der Waals surface area contributed by atoms with Crippen molar-refractivity contribution in [2.24, 2.45) is 5.92 Å². The van der Waals surface area contributed by atoms with Crippen LogP contribution in [0.25, 0.3) is 0 Å². The van der Waals surface area contributed by atoms with Crippen molar-refractivity contribution in [3.05, 3.63) is 59.1 Å². The van der Waals surface area contributed by atoms with Crippen LogP contribution in [-0.4, -0.2) is 12.5 Å². The monoisotopic (exact) mass is 317 g/mol. The summed E-state index contributed by atoms with van der Waals surface area (Å²) in [5.74, 6) is 1.19. The van der Waals surface area contributed by atoms with E-state index in [2.05, 4.69) is 19.2 Å². The zero-order valence-electron chi connectivity index (χ0n) is 12.8. The number of nitrogens with one attached hydrogen (secondary N) is 1. The Kier molecular flexibility index (Phi) is 5.84. The molecule has 0 saturated carbocycles. The molecule has 0 aliphatic carbocycles. The molecule has 2 aromatic carbocycles. The molecule has 0 bridgehead atoms. The van der Waals surface area contributed by atoms with Gasteiger partial charge < -0.3 is 10.1 Å². The summed E-state index contributed by atoms with van der Waals surface area (Å²) in [6.07, 6.45) is 1.00. The van der Waals surface area contributed by atoms with Gasteiger partial charge in [0.1, 0.15) is 5.75 Å². The van der Waals surface area contributed by atoms with E-state index in [-0.39, 0.29) is 5.91 Å². The molecular formula is C18H20ClNO2. The van der Waals surface area contributed by atoms with Gasteiger partial charge in [0.05, 0.1) is 6.61 Å². The van der Waals surface area contributed by atoms with Crippen molar-refractivity contribution in [3.63, 3.8) is 0 Å². The number of halogens is 1. The highest BCUT2D eigenvalue weighted by molar-refractivity contribution is 6.30. The fourth-order valence-corrected chi connectivity index (χ4v) is 2.01. The second-order valence-electron chi connectivity index (χ2n) is 5.52. The maximum absolute atomic E-state index is 12.1. The van der Waals surface area contributed by atoms with Crippen LogP contribution in [0.4, 0.5) is 5.69 Å². The summed E-state index contributed by atoms with van der Waals surface area (Å²) in [4.78, 5) is 12.1. The first kappa shape index (κ1) is 16.4. The molecule has 2 aromatic rings. The van der Waals surface area contributed by atoms with E-state index in [1.165, 1.54) is 0 Å². The molecule has 2 rings (SSSR count). The van der Waals surface area contributed by atoms with Crippen LogP contribution >= 0.6 is 11.6 Å². The highest BCUT2D eigenvalue weighted by Gasteiger charge is 2.06. The molecular weight excluding hydrogens is 298 g/mol. The van der Waals surface area contributed by atoms with E-state index < -0.39 is 0 Å². The van der Waals surface area contributed by atoms with E-state index in [4.69, 9.17) is 16.3 Å². The molecule has 0 aliphatic heterocycles. The van der Waals surface area contributed by atoms with Crippen LogP contribution in [0.1, 0.15) is 30.6 Å². The van der Waals surface area contributed by atoms with E-state index in [9.17, 15) is 4.79 Å². The minimum atomic E-state index is -0.170. The van der Waals surface area contributed by atoms with E-state index in [1.807, 2.05) is 24.3 Å². The molecule has 4 heteroatoms. The third-order valence-electron chi connectivity index (χ3n) is 3.16. The van der Waals surface area contributed by atoms with Gasteiger partial charge in [-0.25, -0.2) is 0 Å². The van der Waals surface area contributed by atoms with E-state index >= 15 is 0 Å². The molecule has 3 nitrogen and oxygen atoms in total. The quantitative estimate of drug-likeness (QED) is 0.812. The largest absolute Gasteiger partial charge is 0.494 e. The number of amides is 1. The SMILES string of the molecule is CC(C)CCOc1cccc(NC(=O)c2ccc(Cl)cc2)c1. The highest BCUT2D eigenvalue weighted by atomic mass is 35.5. The van der Waals surface area contributed by atoms with Crippen molar-refractivity contribution >= 4 is 23.2 Å². The average Bonchev–Trinajstić information content (AvgIpc) is 2.48. The van der Waals surface area contributed by atoms with Crippen LogP contribution < -0.4 is 10.1 Å². The molecule has 0 spiro atoms. The fourth-order valence-electron chi connectivity index (χ4n) is 1.88. The van der Waals surface area contributed by atoms with Crippen LogP contribution in [0.5, 0.6) is 5.75 Å².